The van der Waals surface area contributed by atoms with Crippen molar-refractivity contribution in [3.63, 3.8) is 0 Å². The van der Waals surface area contributed by atoms with Gasteiger partial charge < -0.3 is 10.6 Å². The highest BCUT2D eigenvalue weighted by atomic mass is 14.8. The summed E-state index contributed by atoms with van der Waals surface area (Å²) in [4.78, 5) is 0. The Kier molecular flexibility index (Phi) is 5.94. The van der Waals surface area contributed by atoms with Gasteiger partial charge in [-0.15, -0.1) is 0 Å². The van der Waals surface area contributed by atoms with Crippen LogP contribution in [-0.4, -0.2) is 13.6 Å². The molecule has 0 atom stereocenters. The van der Waals surface area contributed by atoms with Gasteiger partial charge in [0.2, 0.25) is 0 Å². The van der Waals surface area contributed by atoms with Crippen LogP contribution in [0.4, 0.5) is 5.69 Å². The summed E-state index contributed by atoms with van der Waals surface area (Å²) < 4.78 is 0. The van der Waals surface area contributed by atoms with Gasteiger partial charge in [-0.2, -0.15) is 0 Å². The van der Waals surface area contributed by atoms with Crippen molar-refractivity contribution in [1.82, 2.24) is 5.32 Å². The van der Waals surface area contributed by atoms with E-state index in [2.05, 4.69) is 48.7 Å². The Bertz CT molecular complexity index is 277. The lowest BCUT2D eigenvalue weighted by Crippen LogP contribution is -2.15. The maximum atomic E-state index is 3.47. The van der Waals surface area contributed by atoms with Crippen molar-refractivity contribution < 1.29 is 0 Å². The van der Waals surface area contributed by atoms with E-state index in [1.54, 1.807) is 0 Å². The van der Waals surface area contributed by atoms with Crippen LogP contribution in [0.5, 0.6) is 0 Å². The molecule has 0 saturated carbocycles. The fraction of sp³-hybridized carbons (Fsp3) is 0.571. The molecule has 0 bridgehead atoms. The van der Waals surface area contributed by atoms with Crippen molar-refractivity contribution in [1.29, 1.82) is 0 Å². The van der Waals surface area contributed by atoms with E-state index < -0.39 is 0 Å². The van der Waals surface area contributed by atoms with E-state index >= 15 is 0 Å². The number of benzene rings is 1. The van der Waals surface area contributed by atoms with Gasteiger partial charge in [0.05, 0.1) is 0 Å². The van der Waals surface area contributed by atoms with Crippen LogP contribution in [-0.2, 0) is 6.54 Å². The van der Waals surface area contributed by atoms with Crippen LogP contribution >= 0.6 is 0 Å². The van der Waals surface area contributed by atoms with E-state index in [1.807, 2.05) is 7.05 Å². The zero-order chi connectivity index (χ0) is 11.8. The molecule has 1 aromatic carbocycles. The molecule has 2 N–H and O–H groups in total. The van der Waals surface area contributed by atoms with Gasteiger partial charge >= 0.3 is 0 Å². The molecule has 90 valence electrons. The average Bonchev–Trinajstić information content (AvgIpc) is 2.29. The third-order valence-electron chi connectivity index (χ3n) is 2.71. The van der Waals surface area contributed by atoms with Gasteiger partial charge in [0.15, 0.2) is 0 Å². The van der Waals surface area contributed by atoms with Crippen LogP contribution < -0.4 is 10.6 Å². The van der Waals surface area contributed by atoms with Crippen molar-refractivity contribution >= 4 is 5.69 Å². The van der Waals surface area contributed by atoms with E-state index in [1.165, 1.54) is 24.1 Å². The van der Waals surface area contributed by atoms with Gasteiger partial charge in [0.25, 0.3) is 0 Å². The lowest BCUT2D eigenvalue weighted by atomic mass is 10.1. The summed E-state index contributed by atoms with van der Waals surface area (Å²) in [6.07, 6.45) is 2.58. The fourth-order valence-electron chi connectivity index (χ4n) is 1.66. The maximum Gasteiger partial charge on any atom is 0.0337 e. The second-order valence-corrected chi connectivity index (χ2v) is 4.66. The van der Waals surface area contributed by atoms with Crippen molar-refractivity contribution in [2.75, 3.05) is 18.9 Å². The highest BCUT2D eigenvalue weighted by molar-refractivity contribution is 5.43. The summed E-state index contributed by atoms with van der Waals surface area (Å²) >= 11 is 0. The van der Waals surface area contributed by atoms with Crippen LogP contribution in [0, 0.1) is 5.92 Å². The molecule has 1 aromatic rings. The summed E-state index contributed by atoms with van der Waals surface area (Å²) in [6.45, 7) is 6.64. The third-order valence-corrected chi connectivity index (χ3v) is 2.71. The fourth-order valence-corrected chi connectivity index (χ4v) is 1.66. The smallest absolute Gasteiger partial charge is 0.0337 e. The molecule has 0 aliphatic rings. The number of nitrogens with one attached hydrogen (secondary N) is 2. The minimum atomic E-state index is 0.816. The quantitative estimate of drug-likeness (QED) is 0.689. The summed E-state index contributed by atoms with van der Waals surface area (Å²) in [5.74, 6) is 0.816. The first-order valence-electron chi connectivity index (χ1n) is 6.19. The molecule has 2 heteroatoms. The molecule has 0 amide bonds. The summed E-state index contributed by atoms with van der Waals surface area (Å²) in [7, 11) is 1.94. The first kappa shape index (κ1) is 13.0. The molecule has 1 rings (SSSR count). The highest BCUT2D eigenvalue weighted by Crippen LogP contribution is 2.08. The monoisotopic (exact) mass is 220 g/mol. The van der Waals surface area contributed by atoms with Crippen LogP contribution in [0.3, 0.4) is 0 Å². The van der Waals surface area contributed by atoms with Gasteiger partial charge in [-0.3, -0.25) is 0 Å². The van der Waals surface area contributed by atoms with Crippen LogP contribution in [0.25, 0.3) is 0 Å². The molecule has 0 spiro atoms. The molecule has 0 aliphatic heterocycles. The average molecular weight is 220 g/mol. The first-order valence-corrected chi connectivity index (χ1v) is 6.19. The topological polar surface area (TPSA) is 24.1 Å². The predicted octanol–water partition coefficient (Wildman–Crippen LogP) is 3.25. The first-order chi connectivity index (χ1) is 7.72. The Morgan fingerprint density at radius 2 is 1.81 bits per heavy atom. The number of anilines is 1. The molecule has 0 radical (unpaired) electrons. The van der Waals surface area contributed by atoms with Crippen molar-refractivity contribution in [2.45, 2.75) is 33.2 Å². The molecule has 0 aromatic heterocycles. The van der Waals surface area contributed by atoms with Crippen molar-refractivity contribution in [3.05, 3.63) is 29.8 Å². The Morgan fingerprint density at radius 1 is 1.12 bits per heavy atom. The Hall–Kier alpha value is -1.02. The lowest BCUT2D eigenvalue weighted by Gasteiger charge is -2.07. The van der Waals surface area contributed by atoms with E-state index in [0.29, 0.717) is 0 Å². The highest BCUT2D eigenvalue weighted by Gasteiger charge is 1.95. The molecule has 0 fully saturated rings. The largest absolute Gasteiger partial charge is 0.388 e. The van der Waals surface area contributed by atoms with Crippen molar-refractivity contribution in [2.24, 2.45) is 5.92 Å². The van der Waals surface area contributed by atoms with Crippen LogP contribution in [0.15, 0.2) is 24.3 Å². The second kappa shape index (κ2) is 7.29. The Labute approximate surface area is 99.5 Å². The van der Waals surface area contributed by atoms with Crippen LogP contribution in [0.2, 0.25) is 0 Å². The van der Waals surface area contributed by atoms with Gasteiger partial charge in [0.1, 0.15) is 0 Å². The minimum Gasteiger partial charge on any atom is -0.388 e. The van der Waals surface area contributed by atoms with Gasteiger partial charge in [0, 0.05) is 19.3 Å². The Morgan fingerprint density at radius 3 is 2.38 bits per heavy atom. The molecule has 0 unspecified atom stereocenters. The van der Waals surface area contributed by atoms with E-state index in [4.69, 9.17) is 0 Å². The maximum absolute atomic E-state index is 3.47. The summed E-state index contributed by atoms with van der Waals surface area (Å²) in [6, 6.07) is 8.57. The molecule has 0 saturated heterocycles. The molecular formula is C14H24N2. The zero-order valence-corrected chi connectivity index (χ0v) is 10.7. The molecule has 0 heterocycles. The van der Waals surface area contributed by atoms with Crippen molar-refractivity contribution in [3.8, 4) is 0 Å². The Balaban J connectivity index is 2.16. The van der Waals surface area contributed by atoms with Gasteiger partial charge in [-0.1, -0.05) is 26.0 Å². The molecule has 2 nitrogen and oxygen atoms in total. The second-order valence-electron chi connectivity index (χ2n) is 4.66. The van der Waals surface area contributed by atoms with E-state index in [9.17, 15) is 0 Å². The number of hydrogen-bond donors (Lipinski definition) is 2. The van der Waals surface area contributed by atoms with Gasteiger partial charge in [-0.25, -0.2) is 0 Å². The molecule has 0 aliphatic carbocycles. The van der Waals surface area contributed by atoms with Gasteiger partial charge in [-0.05, 0) is 43.0 Å². The lowest BCUT2D eigenvalue weighted by molar-refractivity contribution is 0.527. The summed E-state index contributed by atoms with van der Waals surface area (Å²) in [5.41, 5.74) is 2.52. The van der Waals surface area contributed by atoms with E-state index in [-0.39, 0.29) is 0 Å². The molecule has 16 heavy (non-hydrogen) atoms. The standard InChI is InChI=1S/C14H24N2/c1-12(2)5-4-10-16-11-13-6-8-14(15-3)9-7-13/h6-9,12,15-16H,4-5,10-11H2,1-3H3. The predicted molar refractivity (Wildman–Crippen MR) is 71.8 cm³/mol. The normalized spacial score (nSPS) is 10.8. The SMILES string of the molecule is CNc1ccc(CNCCCC(C)C)cc1. The summed E-state index contributed by atoms with van der Waals surface area (Å²) in [5, 5.41) is 6.60. The van der Waals surface area contributed by atoms with Crippen LogP contribution in [0.1, 0.15) is 32.3 Å². The molecular weight excluding hydrogens is 196 g/mol. The minimum absolute atomic E-state index is 0.816. The van der Waals surface area contributed by atoms with E-state index in [0.717, 1.165) is 19.0 Å². The third kappa shape index (κ3) is 5.17. The number of rotatable bonds is 7. The number of hydrogen-bond acceptors (Lipinski definition) is 2. The zero-order valence-electron chi connectivity index (χ0n) is 10.7.